The van der Waals surface area contributed by atoms with Crippen LogP contribution in [0, 0.1) is 6.92 Å². The van der Waals surface area contributed by atoms with E-state index < -0.39 is 0 Å². The van der Waals surface area contributed by atoms with Crippen LogP contribution in [0.25, 0.3) is 11.0 Å². The number of para-hydroxylation sites is 2. The molecule has 0 radical (unpaired) electrons. The fourth-order valence-corrected chi connectivity index (χ4v) is 3.49. The molecule has 0 saturated heterocycles. The van der Waals surface area contributed by atoms with E-state index in [1.165, 1.54) is 21.1 Å². The van der Waals surface area contributed by atoms with Crippen molar-refractivity contribution in [1.82, 2.24) is 14.9 Å². The van der Waals surface area contributed by atoms with E-state index >= 15 is 0 Å². The van der Waals surface area contributed by atoms with Gasteiger partial charge in [0.25, 0.3) is 0 Å². The molecule has 110 valence electrons. The second kappa shape index (κ2) is 6.41. The van der Waals surface area contributed by atoms with Gasteiger partial charge in [0.05, 0.1) is 11.0 Å². The Hall–Kier alpha value is -1.65. The molecule has 0 saturated carbocycles. The smallest absolute Gasteiger partial charge is 0.109 e. The predicted octanol–water partition coefficient (Wildman–Crippen LogP) is 3.76. The molecule has 0 aliphatic carbocycles. The third-order valence-corrected chi connectivity index (χ3v) is 4.66. The number of thiophene rings is 1. The molecule has 2 aromatic heterocycles. The highest BCUT2D eigenvalue weighted by molar-refractivity contribution is 7.11. The summed E-state index contributed by atoms with van der Waals surface area (Å²) in [7, 11) is 0. The zero-order valence-corrected chi connectivity index (χ0v) is 13.4. The topological polar surface area (TPSA) is 29.9 Å². The molecule has 0 atom stereocenters. The number of hydrogen-bond donors (Lipinski definition) is 1. The van der Waals surface area contributed by atoms with E-state index in [1.807, 2.05) is 11.3 Å². The van der Waals surface area contributed by atoms with Gasteiger partial charge in [-0.05, 0) is 31.2 Å². The van der Waals surface area contributed by atoms with E-state index in [-0.39, 0.29) is 0 Å². The first-order valence-electron chi connectivity index (χ1n) is 7.48. The van der Waals surface area contributed by atoms with Gasteiger partial charge in [-0.15, -0.1) is 11.3 Å². The minimum absolute atomic E-state index is 0.951. The summed E-state index contributed by atoms with van der Waals surface area (Å²) in [5.41, 5.74) is 2.34. The first-order valence-corrected chi connectivity index (χ1v) is 8.29. The Balaban J connectivity index is 1.64. The van der Waals surface area contributed by atoms with Crippen molar-refractivity contribution in [3.63, 3.8) is 0 Å². The molecule has 0 unspecified atom stereocenters. The zero-order valence-electron chi connectivity index (χ0n) is 12.6. The maximum atomic E-state index is 4.71. The molecule has 0 fully saturated rings. The molecule has 1 aromatic carbocycles. The van der Waals surface area contributed by atoms with Gasteiger partial charge in [0.1, 0.15) is 5.82 Å². The van der Waals surface area contributed by atoms with Gasteiger partial charge in [0, 0.05) is 35.8 Å². The lowest BCUT2D eigenvalue weighted by molar-refractivity contribution is 0.593. The first-order chi connectivity index (χ1) is 10.3. The van der Waals surface area contributed by atoms with Crippen LogP contribution in [0.3, 0.4) is 0 Å². The second-order valence-corrected chi connectivity index (χ2v) is 6.58. The normalized spacial score (nSPS) is 11.3. The van der Waals surface area contributed by atoms with Gasteiger partial charge in [-0.3, -0.25) is 0 Å². The van der Waals surface area contributed by atoms with Gasteiger partial charge in [0.2, 0.25) is 0 Å². The summed E-state index contributed by atoms with van der Waals surface area (Å²) in [5, 5.41) is 3.53. The molecule has 3 aromatic rings. The molecule has 4 heteroatoms. The summed E-state index contributed by atoms with van der Waals surface area (Å²) in [6.45, 7) is 7.20. The summed E-state index contributed by atoms with van der Waals surface area (Å²) in [6.07, 6.45) is 0.971. The highest BCUT2D eigenvalue weighted by atomic mass is 32.1. The Labute approximate surface area is 129 Å². The number of rotatable bonds is 6. The Morgan fingerprint density at radius 1 is 1.19 bits per heavy atom. The van der Waals surface area contributed by atoms with E-state index in [9.17, 15) is 0 Å². The van der Waals surface area contributed by atoms with Gasteiger partial charge >= 0.3 is 0 Å². The Morgan fingerprint density at radius 2 is 2.05 bits per heavy atom. The monoisotopic (exact) mass is 299 g/mol. The summed E-state index contributed by atoms with van der Waals surface area (Å²) >= 11 is 1.86. The molecular weight excluding hydrogens is 278 g/mol. The van der Waals surface area contributed by atoms with Crippen LogP contribution < -0.4 is 5.32 Å². The molecule has 21 heavy (non-hydrogen) atoms. The van der Waals surface area contributed by atoms with Crippen LogP contribution in [0.2, 0.25) is 0 Å². The summed E-state index contributed by atoms with van der Waals surface area (Å²) in [4.78, 5) is 7.49. The Kier molecular flexibility index (Phi) is 4.36. The van der Waals surface area contributed by atoms with E-state index in [0.717, 1.165) is 31.6 Å². The molecular formula is C17H21N3S. The molecule has 3 rings (SSSR count). The lowest BCUT2D eigenvalue weighted by Gasteiger charge is -2.09. The van der Waals surface area contributed by atoms with Crippen molar-refractivity contribution in [3.05, 3.63) is 52.0 Å². The lowest BCUT2D eigenvalue weighted by atomic mass is 10.3. The number of nitrogens with one attached hydrogen (secondary N) is 1. The molecule has 0 spiro atoms. The van der Waals surface area contributed by atoms with Gasteiger partial charge in [0.15, 0.2) is 0 Å². The van der Waals surface area contributed by atoms with Gasteiger partial charge in [-0.25, -0.2) is 4.98 Å². The molecule has 0 bridgehead atoms. The van der Waals surface area contributed by atoms with Crippen LogP contribution >= 0.6 is 11.3 Å². The average Bonchev–Trinajstić information content (AvgIpc) is 3.07. The van der Waals surface area contributed by atoms with Crippen LogP contribution in [-0.2, 0) is 19.5 Å². The molecule has 1 N–H and O–H groups in total. The quantitative estimate of drug-likeness (QED) is 0.702. The number of nitrogens with zero attached hydrogens (tertiary/aromatic N) is 2. The Morgan fingerprint density at radius 3 is 2.81 bits per heavy atom. The van der Waals surface area contributed by atoms with Crippen molar-refractivity contribution in [1.29, 1.82) is 0 Å². The van der Waals surface area contributed by atoms with Crippen LogP contribution in [0.15, 0.2) is 36.4 Å². The minimum Gasteiger partial charge on any atom is -0.327 e. The standard InChI is InChI=1S/C17H21N3S/c1-3-17-19-15-6-4-5-7-16(15)20(17)11-10-18-12-14-9-8-13(2)21-14/h4-9,18H,3,10-12H2,1-2H3. The van der Waals surface area contributed by atoms with Crippen molar-refractivity contribution >= 4 is 22.4 Å². The largest absolute Gasteiger partial charge is 0.327 e. The maximum absolute atomic E-state index is 4.71. The lowest BCUT2D eigenvalue weighted by Crippen LogP contribution is -2.20. The summed E-state index contributed by atoms with van der Waals surface area (Å²) in [5.74, 6) is 1.17. The predicted molar refractivity (Wildman–Crippen MR) is 89.9 cm³/mol. The number of fused-ring (bicyclic) bond motifs is 1. The third-order valence-electron chi connectivity index (χ3n) is 3.66. The summed E-state index contributed by atoms with van der Waals surface area (Å²) < 4.78 is 2.34. The fourth-order valence-electron chi connectivity index (χ4n) is 2.63. The first kappa shape index (κ1) is 14.3. The van der Waals surface area contributed by atoms with Gasteiger partial charge in [-0.2, -0.15) is 0 Å². The van der Waals surface area contributed by atoms with Crippen LogP contribution in [0.1, 0.15) is 22.5 Å². The Bertz CT molecular complexity index is 727. The van der Waals surface area contributed by atoms with Crippen LogP contribution in [0.5, 0.6) is 0 Å². The van der Waals surface area contributed by atoms with Crippen molar-refractivity contribution in [2.45, 2.75) is 33.4 Å². The zero-order chi connectivity index (χ0) is 14.7. The van der Waals surface area contributed by atoms with Crippen molar-refractivity contribution < 1.29 is 0 Å². The SMILES string of the molecule is CCc1nc2ccccc2n1CCNCc1ccc(C)s1. The van der Waals surface area contributed by atoms with E-state index in [4.69, 9.17) is 4.98 Å². The van der Waals surface area contributed by atoms with Crippen LogP contribution in [0.4, 0.5) is 0 Å². The van der Waals surface area contributed by atoms with Gasteiger partial charge in [-0.1, -0.05) is 19.1 Å². The van der Waals surface area contributed by atoms with E-state index in [0.29, 0.717) is 0 Å². The summed E-state index contributed by atoms with van der Waals surface area (Å²) in [6, 6.07) is 12.8. The van der Waals surface area contributed by atoms with Crippen molar-refractivity contribution in [3.8, 4) is 0 Å². The number of benzene rings is 1. The number of aryl methyl sites for hydroxylation is 2. The van der Waals surface area contributed by atoms with E-state index in [1.54, 1.807) is 0 Å². The van der Waals surface area contributed by atoms with Crippen LogP contribution in [-0.4, -0.2) is 16.1 Å². The highest BCUT2D eigenvalue weighted by Gasteiger charge is 2.08. The molecule has 0 amide bonds. The molecule has 0 aliphatic heterocycles. The molecule has 3 nitrogen and oxygen atoms in total. The fraction of sp³-hybridized carbons (Fsp3) is 0.353. The van der Waals surface area contributed by atoms with Crippen molar-refractivity contribution in [2.75, 3.05) is 6.54 Å². The van der Waals surface area contributed by atoms with Crippen molar-refractivity contribution in [2.24, 2.45) is 0 Å². The third kappa shape index (κ3) is 3.17. The van der Waals surface area contributed by atoms with E-state index in [2.05, 4.69) is 60.1 Å². The molecule has 2 heterocycles. The average molecular weight is 299 g/mol. The number of imidazole rings is 1. The second-order valence-electron chi connectivity index (χ2n) is 5.21. The number of aromatic nitrogens is 2. The van der Waals surface area contributed by atoms with Gasteiger partial charge < -0.3 is 9.88 Å². The number of hydrogen-bond acceptors (Lipinski definition) is 3. The minimum atomic E-state index is 0.951. The highest BCUT2D eigenvalue weighted by Crippen LogP contribution is 2.16. The maximum Gasteiger partial charge on any atom is 0.109 e. The molecule has 0 aliphatic rings.